The lowest BCUT2D eigenvalue weighted by molar-refractivity contribution is -0.122. The van der Waals surface area contributed by atoms with Gasteiger partial charge in [-0.3, -0.25) is 4.79 Å². The van der Waals surface area contributed by atoms with E-state index in [1.807, 2.05) is 29.6 Å². The van der Waals surface area contributed by atoms with E-state index in [4.69, 9.17) is 16.3 Å². The predicted molar refractivity (Wildman–Crippen MR) is 91.8 cm³/mol. The lowest BCUT2D eigenvalue weighted by atomic mass is 10.1. The van der Waals surface area contributed by atoms with Gasteiger partial charge < -0.3 is 15.2 Å². The highest BCUT2D eigenvalue weighted by molar-refractivity contribution is 7.13. The number of aliphatic hydroxyl groups is 1. The highest BCUT2D eigenvalue weighted by Crippen LogP contribution is 2.30. The molecule has 124 valence electrons. The molecule has 0 fully saturated rings. The molecular formula is C16H19ClN2O3S. The Kier molecular flexibility index (Phi) is 6.12. The first kappa shape index (κ1) is 17.9. The van der Waals surface area contributed by atoms with Crippen molar-refractivity contribution in [1.29, 1.82) is 0 Å². The van der Waals surface area contributed by atoms with Crippen LogP contribution in [0.3, 0.4) is 0 Å². The number of hydrogen-bond acceptors (Lipinski definition) is 5. The molecule has 0 radical (unpaired) electrons. The summed E-state index contributed by atoms with van der Waals surface area (Å²) in [6.45, 7) is 1.89. The average molecular weight is 355 g/mol. The molecule has 0 spiro atoms. The van der Waals surface area contributed by atoms with Crippen LogP contribution in [0.25, 0.3) is 10.6 Å². The molecule has 0 aliphatic heterocycles. The molecule has 1 amide bonds. The summed E-state index contributed by atoms with van der Waals surface area (Å²) in [4.78, 5) is 16.4. The number of hydrogen-bond donors (Lipinski definition) is 2. The van der Waals surface area contributed by atoms with Gasteiger partial charge in [0.25, 0.3) is 0 Å². The van der Waals surface area contributed by atoms with E-state index < -0.39 is 5.60 Å². The Morgan fingerprint density at radius 2 is 2.22 bits per heavy atom. The molecule has 2 N–H and O–H groups in total. The minimum absolute atomic E-state index is 0.126. The van der Waals surface area contributed by atoms with Crippen molar-refractivity contribution in [3.63, 3.8) is 0 Å². The van der Waals surface area contributed by atoms with Gasteiger partial charge in [0, 0.05) is 24.6 Å². The van der Waals surface area contributed by atoms with E-state index in [2.05, 4.69) is 10.3 Å². The lowest BCUT2D eigenvalue weighted by Gasteiger charge is -2.22. The number of aromatic nitrogens is 1. The summed E-state index contributed by atoms with van der Waals surface area (Å²) in [5.74, 6) is -0.197. The molecule has 2 rings (SSSR count). The third-order valence-electron chi connectivity index (χ3n) is 3.12. The summed E-state index contributed by atoms with van der Waals surface area (Å²) in [5, 5.41) is 15.9. The first-order valence-electron chi connectivity index (χ1n) is 7.08. The van der Waals surface area contributed by atoms with Crippen LogP contribution in [0.4, 0.5) is 0 Å². The predicted octanol–water partition coefficient (Wildman–Crippen LogP) is 2.52. The molecule has 1 aromatic carbocycles. The van der Waals surface area contributed by atoms with Crippen molar-refractivity contribution in [3.8, 4) is 10.6 Å². The van der Waals surface area contributed by atoms with Gasteiger partial charge in [0.2, 0.25) is 5.91 Å². The lowest BCUT2D eigenvalue weighted by Crippen LogP contribution is -2.44. The number of halogens is 1. The van der Waals surface area contributed by atoms with Crippen molar-refractivity contribution >= 4 is 28.8 Å². The van der Waals surface area contributed by atoms with Crippen LogP contribution < -0.4 is 5.32 Å². The molecule has 0 saturated carbocycles. The molecule has 0 saturated heterocycles. The zero-order valence-corrected chi connectivity index (χ0v) is 14.6. The molecule has 1 aromatic heterocycles. The van der Waals surface area contributed by atoms with Crippen LogP contribution >= 0.6 is 22.9 Å². The highest BCUT2D eigenvalue weighted by Gasteiger charge is 2.21. The minimum atomic E-state index is -1.09. The SMILES string of the molecule is COC[C@@](C)(O)CNC(=O)Cc1csc(-c2ccccc2Cl)n1. The number of ether oxygens (including phenoxy) is 1. The molecule has 1 atom stereocenters. The summed E-state index contributed by atoms with van der Waals surface area (Å²) in [6, 6.07) is 7.46. The molecular weight excluding hydrogens is 336 g/mol. The largest absolute Gasteiger partial charge is 0.386 e. The Bertz CT molecular complexity index is 673. The number of benzene rings is 1. The number of rotatable bonds is 7. The van der Waals surface area contributed by atoms with Crippen LogP contribution in [-0.4, -0.2) is 41.9 Å². The minimum Gasteiger partial charge on any atom is -0.386 e. The third kappa shape index (κ3) is 5.28. The van der Waals surface area contributed by atoms with Crippen molar-refractivity contribution in [2.45, 2.75) is 18.9 Å². The van der Waals surface area contributed by atoms with Gasteiger partial charge in [-0.1, -0.05) is 29.8 Å². The van der Waals surface area contributed by atoms with E-state index in [9.17, 15) is 9.90 Å². The number of thiazole rings is 1. The van der Waals surface area contributed by atoms with E-state index in [-0.39, 0.29) is 25.5 Å². The second-order valence-electron chi connectivity index (χ2n) is 5.51. The summed E-state index contributed by atoms with van der Waals surface area (Å²) < 4.78 is 4.90. The Morgan fingerprint density at radius 1 is 1.48 bits per heavy atom. The molecule has 7 heteroatoms. The van der Waals surface area contributed by atoms with Gasteiger partial charge in [-0.2, -0.15) is 0 Å². The fourth-order valence-electron chi connectivity index (χ4n) is 2.02. The van der Waals surface area contributed by atoms with E-state index in [0.717, 1.165) is 10.6 Å². The molecule has 0 aliphatic carbocycles. The second kappa shape index (κ2) is 7.88. The Morgan fingerprint density at radius 3 is 2.91 bits per heavy atom. The number of methoxy groups -OCH3 is 1. The Balaban J connectivity index is 1.94. The van der Waals surface area contributed by atoms with Crippen molar-refractivity contribution < 1.29 is 14.6 Å². The Hall–Kier alpha value is -1.47. The van der Waals surface area contributed by atoms with Gasteiger partial charge in [-0.05, 0) is 13.0 Å². The van der Waals surface area contributed by atoms with E-state index >= 15 is 0 Å². The third-order valence-corrected chi connectivity index (χ3v) is 4.37. The number of amides is 1. The van der Waals surface area contributed by atoms with E-state index in [1.165, 1.54) is 18.4 Å². The zero-order valence-electron chi connectivity index (χ0n) is 13.0. The molecule has 0 bridgehead atoms. The topological polar surface area (TPSA) is 71.5 Å². The van der Waals surface area contributed by atoms with Gasteiger partial charge >= 0.3 is 0 Å². The van der Waals surface area contributed by atoms with Crippen LogP contribution in [0.1, 0.15) is 12.6 Å². The van der Waals surface area contributed by atoms with E-state index in [0.29, 0.717) is 10.7 Å². The van der Waals surface area contributed by atoms with Crippen LogP contribution in [0, 0.1) is 0 Å². The van der Waals surface area contributed by atoms with Gasteiger partial charge in [-0.15, -0.1) is 11.3 Å². The smallest absolute Gasteiger partial charge is 0.226 e. The quantitative estimate of drug-likeness (QED) is 0.801. The number of carbonyl (C=O) groups excluding carboxylic acids is 1. The van der Waals surface area contributed by atoms with Crippen molar-refractivity contribution in [1.82, 2.24) is 10.3 Å². The van der Waals surface area contributed by atoms with Crippen molar-refractivity contribution in [2.75, 3.05) is 20.3 Å². The summed E-state index contributed by atoms with van der Waals surface area (Å²) >= 11 is 7.60. The molecule has 1 heterocycles. The van der Waals surface area contributed by atoms with Crippen molar-refractivity contribution in [2.24, 2.45) is 0 Å². The maximum Gasteiger partial charge on any atom is 0.226 e. The number of carbonyl (C=O) groups is 1. The van der Waals surface area contributed by atoms with Crippen LogP contribution in [0.2, 0.25) is 5.02 Å². The first-order chi connectivity index (χ1) is 10.9. The van der Waals surface area contributed by atoms with Gasteiger partial charge in [0.05, 0.1) is 23.7 Å². The fraction of sp³-hybridized carbons (Fsp3) is 0.375. The molecule has 0 unspecified atom stereocenters. The molecule has 23 heavy (non-hydrogen) atoms. The van der Waals surface area contributed by atoms with Gasteiger partial charge in [0.15, 0.2) is 0 Å². The van der Waals surface area contributed by atoms with Gasteiger partial charge in [0.1, 0.15) is 10.6 Å². The van der Waals surface area contributed by atoms with Crippen molar-refractivity contribution in [3.05, 3.63) is 40.4 Å². The molecule has 5 nitrogen and oxygen atoms in total. The molecule has 0 aliphatic rings. The highest BCUT2D eigenvalue weighted by atomic mass is 35.5. The molecule has 2 aromatic rings. The second-order valence-corrected chi connectivity index (χ2v) is 6.77. The standard InChI is InChI=1S/C16H19ClN2O3S/c1-16(21,10-22-2)9-18-14(20)7-11-8-23-15(19-11)12-5-3-4-6-13(12)17/h3-6,8,21H,7,9-10H2,1-2H3,(H,18,20)/t16-/m0/s1. The fourth-order valence-corrected chi connectivity index (χ4v) is 3.16. The average Bonchev–Trinajstić information content (AvgIpc) is 2.94. The maximum absolute atomic E-state index is 12.0. The van der Waals surface area contributed by atoms with E-state index in [1.54, 1.807) is 6.92 Å². The monoisotopic (exact) mass is 354 g/mol. The zero-order chi connectivity index (χ0) is 16.9. The summed E-state index contributed by atoms with van der Waals surface area (Å²) in [5.41, 5.74) is 0.442. The summed E-state index contributed by atoms with van der Waals surface area (Å²) in [7, 11) is 1.50. The van der Waals surface area contributed by atoms with Gasteiger partial charge in [-0.25, -0.2) is 4.98 Å². The van der Waals surface area contributed by atoms with Crippen LogP contribution in [0.5, 0.6) is 0 Å². The van der Waals surface area contributed by atoms with Crippen LogP contribution in [-0.2, 0) is 16.0 Å². The maximum atomic E-state index is 12.0. The first-order valence-corrected chi connectivity index (χ1v) is 8.34. The Labute approximate surface area is 144 Å². The van der Waals surface area contributed by atoms with Crippen LogP contribution in [0.15, 0.2) is 29.6 Å². The normalized spacial score (nSPS) is 13.6. The number of nitrogens with zero attached hydrogens (tertiary/aromatic N) is 1. The summed E-state index contributed by atoms with van der Waals surface area (Å²) in [6.07, 6.45) is 0.157. The number of nitrogens with one attached hydrogen (secondary N) is 1.